The van der Waals surface area contributed by atoms with E-state index in [4.69, 9.17) is 9.84 Å². The molecular formula is C10H15N3O6. The predicted molar refractivity (Wildman–Crippen MR) is 61.2 cm³/mol. The zero-order valence-corrected chi connectivity index (χ0v) is 10.1. The summed E-state index contributed by atoms with van der Waals surface area (Å²) in [6, 6.07) is -1.31. The summed E-state index contributed by atoms with van der Waals surface area (Å²) < 4.78 is 4.70. The second-order valence-electron chi connectivity index (χ2n) is 3.85. The standard InChI is InChI=1S/C10H15N3O6/c14-7-2-1-6(9(17)13-7)12-10(18)11-3-4-19-5-8(15)16/h6H,1-5H2,(H,15,16)(H2,11,12,18)(H,13,14,17). The van der Waals surface area contributed by atoms with Crippen molar-refractivity contribution in [1.82, 2.24) is 16.0 Å². The summed E-state index contributed by atoms with van der Waals surface area (Å²) in [5, 5.41) is 15.2. The fraction of sp³-hybridized carbons (Fsp3) is 0.600. The van der Waals surface area contributed by atoms with Crippen LogP contribution in [0.4, 0.5) is 4.79 Å². The number of piperidine rings is 1. The molecule has 4 N–H and O–H groups in total. The van der Waals surface area contributed by atoms with E-state index in [2.05, 4.69) is 16.0 Å². The Bertz CT molecular complexity index is 383. The molecule has 9 heteroatoms. The fourth-order valence-corrected chi connectivity index (χ4v) is 1.44. The summed E-state index contributed by atoms with van der Waals surface area (Å²) in [7, 11) is 0. The minimum Gasteiger partial charge on any atom is -0.480 e. The van der Waals surface area contributed by atoms with Crippen molar-refractivity contribution >= 4 is 23.8 Å². The highest BCUT2D eigenvalue weighted by Crippen LogP contribution is 2.03. The number of carboxylic acid groups (broad SMARTS) is 1. The quantitative estimate of drug-likeness (QED) is 0.333. The summed E-state index contributed by atoms with van der Waals surface area (Å²) in [4.78, 5) is 43.7. The van der Waals surface area contributed by atoms with Crippen LogP contribution in [0.3, 0.4) is 0 Å². The molecule has 106 valence electrons. The molecule has 1 saturated heterocycles. The third kappa shape index (κ3) is 5.82. The van der Waals surface area contributed by atoms with Crippen molar-refractivity contribution < 1.29 is 29.0 Å². The molecule has 1 heterocycles. The monoisotopic (exact) mass is 273 g/mol. The number of carbonyl (C=O) groups is 4. The lowest BCUT2D eigenvalue weighted by Gasteiger charge is -2.21. The molecule has 0 spiro atoms. The van der Waals surface area contributed by atoms with Crippen molar-refractivity contribution in [2.75, 3.05) is 19.8 Å². The Morgan fingerprint density at radius 2 is 2.16 bits per heavy atom. The van der Waals surface area contributed by atoms with E-state index in [1.54, 1.807) is 0 Å². The smallest absolute Gasteiger partial charge is 0.329 e. The van der Waals surface area contributed by atoms with Crippen molar-refractivity contribution in [2.45, 2.75) is 18.9 Å². The number of rotatable bonds is 6. The molecule has 0 bridgehead atoms. The number of urea groups is 1. The van der Waals surface area contributed by atoms with Crippen molar-refractivity contribution in [3.05, 3.63) is 0 Å². The molecule has 0 aromatic rings. The maximum atomic E-state index is 11.4. The Labute approximate surface area is 108 Å². The molecule has 1 fully saturated rings. The molecule has 1 rings (SSSR count). The maximum absolute atomic E-state index is 11.4. The van der Waals surface area contributed by atoms with Gasteiger partial charge in [0.15, 0.2) is 0 Å². The van der Waals surface area contributed by atoms with Gasteiger partial charge in [-0.1, -0.05) is 0 Å². The molecule has 0 aliphatic carbocycles. The maximum Gasteiger partial charge on any atom is 0.329 e. The van der Waals surface area contributed by atoms with Crippen LogP contribution in [-0.4, -0.2) is 54.7 Å². The zero-order valence-electron chi connectivity index (χ0n) is 10.1. The number of carboxylic acids is 1. The molecule has 9 nitrogen and oxygen atoms in total. The molecule has 0 aromatic carbocycles. The Morgan fingerprint density at radius 1 is 1.42 bits per heavy atom. The molecule has 4 amide bonds. The van der Waals surface area contributed by atoms with Gasteiger partial charge in [0.25, 0.3) is 0 Å². The van der Waals surface area contributed by atoms with Gasteiger partial charge in [0.05, 0.1) is 6.61 Å². The largest absolute Gasteiger partial charge is 0.480 e. The van der Waals surface area contributed by atoms with Gasteiger partial charge in [-0.15, -0.1) is 0 Å². The average molecular weight is 273 g/mol. The van der Waals surface area contributed by atoms with Gasteiger partial charge in [-0.2, -0.15) is 0 Å². The molecule has 1 unspecified atom stereocenters. The second kappa shape index (κ2) is 7.31. The van der Waals surface area contributed by atoms with E-state index < -0.39 is 30.6 Å². The lowest BCUT2D eigenvalue weighted by atomic mass is 10.1. The van der Waals surface area contributed by atoms with Gasteiger partial charge >= 0.3 is 12.0 Å². The number of hydrogen-bond donors (Lipinski definition) is 4. The molecular weight excluding hydrogens is 258 g/mol. The Balaban J connectivity index is 2.15. The van der Waals surface area contributed by atoms with Gasteiger partial charge in [-0.3, -0.25) is 14.9 Å². The average Bonchev–Trinajstić information content (AvgIpc) is 2.32. The van der Waals surface area contributed by atoms with Crippen molar-refractivity contribution in [3.8, 4) is 0 Å². The van der Waals surface area contributed by atoms with Gasteiger partial charge in [0.2, 0.25) is 11.8 Å². The predicted octanol–water partition coefficient (Wildman–Crippen LogP) is -1.81. The van der Waals surface area contributed by atoms with Crippen LogP contribution in [0.25, 0.3) is 0 Å². The third-order valence-corrected chi connectivity index (χ3v) is 2.30. The second-order valence-corrected chi connectivity index (χ2v) is 3.85. The van der Waals surface area contributed by atoms with Crippen LogP contribution in [0.1, 0.15) is 12.8 Å². The molecule has 1 atom stereocenters. The first-order chi connectivity index (χ1) is 8.99. The van der Waals surface area contributed by atoms with E-state index in [1.165, 1.54) is 0 Å². The number of aliphatic carboxylic acids is 1. The van der Waals surface area contributed by atoms with Crippen LogP contribution in [0, 0.1) is 0 Å². The third-order valence-electron chi connectivity index (χ3n) is 2.30. The first-order valence-corrected chi connectivity index (χ1v) is 5.66. The number of carbonyl (C=O) groups excluding carboxylic acids is 3. The van der Waals surface area contributed by atoms with Crippen LogP contribution >= 0.6 is 0 Å². The summed E-state index contributed by atoms with van der Waals surface area (Å²) in [6.07, 6.45) is 0.437. The highest BCUT2D eigenvalue weighted by atomic mass is 16.5. The van der Waals surface area contributed by atoms with Crippen molar-refractivity contribution in [3.63, 3.8) is 0 Å². The molecule has 0 radical (unpaired) electrons. The number of imide groups is 1. The minimum atomic E-state index is -1.09. The van der Waals surface area contributed by atoms with Crippen molar-refractivity contribution in [1.29, 1.82) is 0 Å². The number of hydrogen-bond acceptors (Lipinski definition) is 5. The minimum absolute atomic E-state index is 0.0507. The first-order valence-electron chi connectivity index (χ1n) is 5.66. The van der Waals surface area contributed by atoms with E-state index in [0.29, 0.717) is 0 Å². The molecule has 0 saturated carbocycles. The lowest BCUT2D eigenvalue weighted by molar-refractivity contribution is -0.142. The first kappa shape index (κ1) is 14.9. The number of ether oxygens (including phenoxy) is 1. The van der Waals surface area contributed by atoms with E-state index in [0.717, 1.165) is 0 Å². The van der Waals surface area contributed by atoms with E-state index >= 15 is 0 Å². The summed E-state index contributed by atoms with van der Waals surface area (Å²) in [6.45, 7) is -0.266. The van der Waals surface area contributed by atoms with E-state index in [9.17, 15) is 19.2 Å². The molecule has 1 aliphatic rings. The number of amides is 4. The van der Waals surface area contributed by atoms with Gasteiger partial charge in [0.1, 0.15) is 12.6 Å². The summed E-state index contributed by atoms with van der Waals surface area (Å²) in [5.74, 6) is -1.98. The van der Waals surface area contributed by atoms with Gasteiger partial charge in [-0.05, 0) is 6.42 Å². The Morgan fingerprint density at radius 3 is 2.79 bits per heavy atom. The highest BCUT2D eigenvalue weighted by Gasteiger charge is 2.27. The lowest BCUT2D eigenvalue weighted by Crippen LogP contribution is -2.54. The summed E-state index contributed by atoms with van der Waals surface area (Å²) in [5.41, 5.74) is 0. The highest BCUT2D eigenvalue weighted by molar-refractivity contribution is 6.01. The van der Waals surface area contributed by atoms with Crippen LogP contribution in [0.2, 0.25) is 0 Å². The van der Waals surface area contributed by atoms with Crippen LogP contribution in [0.5, 0.6) is 0 Å². The van der Waals surface area contributed by atoms with Gasteiger partial charge < -0.3 is 20.5 Å². The number of nitrogens with one attached hydrogen (secondary N) is 3. The topological polar surface area (TPSA) is 134 Å². The fourth-order valence-electron chi connectivity index (χ4n) is 1.44. The molecule has 19 heavy (non-hydrogen) atoms. The Kier molecular flexibility index (Phi) is 5.73. The summed E-state index contributed by atoms with van der Waals surface area (Å²) >= 11 is 0. The van der Waals surface area contributed by atoms with Crippen LogP contribution < -0.4 is 16.0 Å². The van der Waals surface area contributed by atoms with Crippen LogP contribution in [-0.2, 0) is 19.1 Å². The van der Waals surface area contributed by atoms with E-state index in [1.807, 2.05) is 0 Å². The zero-order chi connectivity index (χ0) is 14.3. The van der Waals surface area contributed by atoms with Gasteiger partial charge in [0, 0.05) is 13.0 Å². The van der Waals surface area contributed by atoms with Crippen molar-refractivity contribution in [2.24, 2.45) is 0 Å². The molecule has 0 aromatic heterocycles. The van der Waals surface area contributed by atoms with Gasteiger partial charge in [-0.25, -0.2) is 9.59 Å². The molecule has 1 aliphatic heterocycles. The van der Waals surface area contributed by atoms with E-state index in [-0.39, 0.29) is 31.9 Å². The SMILES string of the molecule is O=C(O)COCCNC(=O)NC1CCC(=O)NC1=O. The Hall–Kier alpha value is -2.16. The normalized spacial score (nSPS) is 18.6. The van der Waals surface area contributed by atoms with Crippen LogP contribution in [0.15, 0.2) is 0 Å².